The number of carboxylic acids is 1. The largest absolute Gasteiger partial charge is 0.480 e. The zero-order valence-electron chi connectivity index (χ0n) is 9.05. The van der Waals surface area contributed by atoms with E-state index in [1.807, 2.05) is 0 Å². The molecule has 0 aliphatic carbocycles. The molecule has 94 valence electrons. The number of furan rings is 1. The fourth-order valence-electron chi connectivity index (χ4n) is 1.17. The Balaban J connectivity index is 2.34. The number of carbonyl (C=O) groups excluding carboxylic acids is 1. The van der Waals surface area contributed by atoms with Crippen LogP contribution in [0.25, 0.3) is 0 Å². The molecule has 1 rings (SSSR count). The standard InChI is InChI=1S/C10H14N2O5/c13-3-1-8(9(14)15)12-10(16)11-5-7-2-4-17-6-7/h2,4,6,8,13H,1,3,5H2,(H,14,15)(H2,11,12,16)/t8-/m0/s1. The number of amides is 2. The molecule has 4 N–H and O–H groups in total. The molecule has 7 heteroatoms. The van der Waals surface area contributed by atoms with Crippen LogP contribution in [-0.4, -0.2) is 34.9 Å². The Morgan fingerprint density at radius 3 is 2.76 bits per heavy atom. The molecule has 0 aliphatic rings. The molecular weight excluding hydrogens is 228 g/mol. The maximum atomic E-state index is 11.3. The number of carbonyl (C=O) groups is 2. The van der Waals surface area contributed by atoms with Crippen molar-refractivity contribution in [3.63, 3.8) is 0 Å². The van der Waals surface area contributed by atoms with E-state index < -0.39 is 18.0 Å². The maximum absolute atomic E-state index is 11.3. The van der Waals surface area contributed by atoms with Gasteiger partial charge in [-0.05, 0) is 6.07 Å². The highest BCUT2D eigenvalue weighted by atomic mass is 16.4. The molecule has 0 saturated carbocycles. The Morgan fingerprint density at radius 1 is 1.47 bits per heavy atom. The van der Waals surface area contributed by atoms with Crippen LogP contribution in [0.1, 0.15) is 12.0 Å². The first-order valence-corrected chi connectivity index (χ1v) is 5.02. The van der Waals surface area contributed by atoms with Crippen LogP contribution < -0.4 is 10.6 Å². The van der Waals surface area contributed by atoms with E-state index in [1.54, 1.807) is 6.07 Å². The summed E-state index contributed by atoms with van der Waals surface area (Å²) in [6.07, 6.45) is 2.91. The van der Waals surface area contributed by atoms with Gasteiger partial charge in [-0.3, -0.25) is 0 Å². The van der Waals surface area contributed by atoms with Crippen molar-refractivity contribution in [3.8, 4) is 0 Å². The Kier molecular flexibility index (Phi) is 5.02. The fraction of sp³-hybridized carbons (Fsp3) is 0.400. The average Bonchev–Trinajstić information content (AvgIpc) is 2.78. The lowest BCUT2D eigenvalue weighted by Gasteiger charge is -2.13. The number of rotatable bonds is 6. The summed E-state index contributed by atoms with van der Waals surface area (Å²) in [6.45, 7) is -0.0627. The lowest BCUT2D eigenvalue weighted by atomic mass is 10.2. The van der Waals surface area contributed by atoms with Crippen molar-refractivity contribution in [2.24, 2.45) is 0 Å². The third-order valence-corrected chi connectivity index (χ3v) is 2.05. The second-order valence-corrected chi connectivity index (χ2v) is 3.36. The van der Waals surface area contributed by atoms with E-state index in [4.69, 9.17) is 14.6 Å². The van der Waals surface area contributed by atoms with Gasteiger partial charge in [0.25, 0.3) is 0 Å². The highest BCUT2D eigenvalue weighted by molar-refractivity contribution is 5.82. The number of carboxylic acid groups (broad SMARTS) is 1. The van der Waals surface area contributed by atoms with Gasteiger partial charge in [0.1, 0.15) is 6.04 Å². The van der Waals surface area contributed by atoms with Gasteiger partial charge in [0.2, 0.25) is 0 Å². The second kappa shape index (κ2) is 6.54. The smallest absolute Gasteiger partial charge is 0.326 e. The van der Waals surface area contributed by atoms with Crippen LogP contribution in [0.2, 0.25) is 0 Å². The van der Waals surface area contributed by atoms with Crippen molar-refractivity contribution >= 4 is 12.0 Å². The summed E-state index contributed by atoms with van der Waals surface area (Å²) in [5, 5.41) is 22.1. The van der Waals surface area contributed by atoms with Gasteiger partial charge in [-0.15, -0.1) is 0 Å². The van der Waals surface area contributed by atoms with Gasteiger partial charge in [0, 0.05) is 25.1 Å². The summed E-state index contributed by atoms with van der Waals surface area (Å²) in [6, 6.07) is -0.0146. The minimum atomic E-state index is -1.18. The van der Waals surface area contributed by atoms with Crippen LogP contribution >= 0.6 is 0 Å². The predicted octanol–water partition coefficient (Wildman–Crippen LogP) is -0.0856. The molecule has 7 nitrogen and oxygen atoms in total. The molecule has 0 unspecified atom stereocenters. The van der Waals surface area contributed by atoms with Crippen molar-refractivity contribution in [1.29, 1.82) is 0 Å². The Morgan fingerprint density at radius 2 is 2.24 bits per heavy atom. The first kappa shape index (κ1) is 13.0. The molecule has 1 aromatic heterocycles. The predicted molar refractivity (Wildman–Crippen MR) is 57.2 cm³/mol. The van der Waals surface area contributed by atoms with Crippen LogP contribution in [0, 0.1) is 0 Å². The highest BCUT2D eigenvalue weighted by Gasteiger charge is 2.18. The van der Waals surface area contributed by atoms with Gasteiger partial charge >= 0.3 is 12.0 Å². The highest BCUT2D eigenvalue weighted by Crippen LogP contribution is 1.98. The zero-order valence-corrected chi connectivity index (χ0v) is 9.05. The topological polar surface area (TPSA) is 112 Å². The minimum Gasteiger partial charge on any atom is -0.480 e. The van der Waals surface area contributed by atoms with Gasteiger partial charge in [0.15, 0.2) is 0 Å². The summed E-state index contributed by atoms with van der Waals surface area (Å²) in [4.78, 5) is 22.0. The van der Waals surface area contributed by atoms with Crippen molar-refractivity contribution in [2.75, 3.05) is 6.61 Å². The number of urea groups is 1. The molecule has 0 spiro atoms. The van der Waals surface area contributed by atoms with Crippen molar-refractivity contribution in [3.05, 3.63) is 24.2 Å². The van der Waals surface area contributed by atoms with Gasteiger partial charge in [0.05, 0.1) is 12.5 Å². The Bertz CT molecular complexity index is 363. The fourth-order valence-corrected chi connectivity index (χ4v) is 1.17. The van der Waals surface area contributed by atoms with Crippen molar-refractivity contribution in [2.45, 2.75) is 19.0 Å². The summed E-state index contributed by atoms with van der Waals surface area (Å²) in [5.74, 6) is -1.18. The van der Waals surface area contributed by atoms with E-state index >= 15 is 0 Å². The lowest BCUT2D eigenvalue weighted by molar-refractivity contribution is -0.139. The van der Waals surface area contributed by atoms with Crippen LogP contribution in [0.4, 0.5) is 4.79 Å². The molecule has 17 heavy (non-hydrogen) atoms. The molecule has 0 aromatic carbocycles. The number of hydrogen-bond donors (Lipinski definition) is 4. The van der Waals surface area contributed by atoms with E-state index in [9.17, 15) is 9.59 Å². The first-order chi connectivity index (χ1) is 8.13. The molecule has 0 bridgehead atoms. The van der Waals surface area contributed by atoms with Gasteiger partial charge in [-0.25, -0.2) is 9.59 Å². The molecule has 0 radical (unpaired) electrons. The van der Waals surface area contributed by atoms with E-state index in [1.165, 1.54) is 12.5 Å². The lowest BCUT2D eigenvalue weighted by Crippen LogP contribution is -2.46. The van der Waals surface area contributed by atoms with Gasteiger partial charge in [-0.2, -0.15) is 0 Å². The first-order valence-electron chi connectivity index (χ1n) is 5.02. The molecule has 0 saturated heterocycles. The Hall–Kier alpha value is -2.02. The molecule has 2 amide bonds. The minimum absolute atomic E-state index is 0.0333. The molecular formula is C10H14N2O5. The van der Waals surface area contributed by atoms with Crippen LogP contribution in [0.5, 0.6) is 0 Å². The molecule has 1 aromatic rings. The molecule has 0 aliphatic heterocycles. The zero-order chi connectivity index (χ0) is 12.7. The van der Waals surface area contributed by atoms with Crippen molar-refractivity contribution < 1.29 is 24.2 Å². The normalized spacial score (nSPS) is 11.8. The number of aliphatic hydroxyl groups is 1. The summed E-state index contributed by atoms with van der Waals surface area (Å²) >= 11 is 0. The summed E-state index contributed by atoms with van der Waals surface area (Å²) in [5.41, 5.74) is 0.772. The second-order valence-electron chi connectivity index (χ2n) is 3.36. The molecule has 1 atom stereocenters. The van der Waals surface area contributed by atoms with E-state index in [0.29, 0.717) is 0 Å². The van der Waals surface area contributed by atoms with Crippen LogP contribution in [-0.2, 0) is 11.3 Å². The maximum Gasteiger partial charge on any atom is 0.326 e. The van der Waals surface area contributed by atoms with Crippen LogP contribution in [0.15, 0.2) is 23.0 Å². The number of aliphatic hydroxyl groups excluding tert-OH is 1. The molecule has 0 fully saturated rings. The monoisotopic (exact) mass is 242 g/mol. The van der Waals surface area contributed by atoms with Crippen molar-refractivity contribution in [1.82, 2.24) is 10.6 Å². The van der Waals surface area contributed by atoms with Crippen LogP contribution in [0.3, 0.4) is 0 Å². The van der Waals surface area contributed by atoms with E-state index in [-0.39, 0.29) is 19.6 Å². The quantitative estimate of drug-likeness (QED) is 0.557. The molecule has 1 heterocycles. The van der Waals surface area contributed by atoms with E-state index in [2.05, 4.69) is 10.6 Å². The third-order valence-electron chi connectivity index (χ3n) is 2.05. The van der Waals surface area contributed by atoms with Gasteiger partial charge in [-0.1, -0.05) is 0 Å². The Labute approximate surface area is 97.4 Å². The summed E-state index contributed by atoms with van der Waals surface area (Å²) < 4.78 is 4.81. The third kappa shape index (κ3) is 4.56. The number of nitrogens with one attached hydrogen (secondary N) is 2. The number of aliphatic carboxylic acids is 1. The van der Waals surface area contributed by atoms with E-state index in [0.717, 1.165) is 5.56 Å². The number of hydrogen-bond acceptors (Lipinski definition) is 4. The average molecular weight is 242 g/mol. The van der Waals surface area contributed by atoms with Gasteiger partial charge < -0.3 is 25.3 Å². The SMILES string of the molecule is O=C(NCc1ccoc1)N[C@@H](CCO)C(=O)O. The summed E-state index contributed by atoms with van der Waals surface area (Å²) in [7, 11) is 0.